The molecule has 2 bridgehead atoms. The van der Waals surface area contributed by atoms with Crippen LogP contribution in [0.1, 0.15) is 51.9 Å². The zero-order chi connectivity index (χ0) is 42.3. The number of nitrogens with one attached hydrogen (secondary N) is 5. The van der Waals surface area contributed by atoms with Gasteiger partial charge >= 0.3 is 5.97 Å². The van der Waals surface area contributed by atoms with Gasteiger partial charge in [-0.2, -0.15) is 0 Å². The predicted octanol–water partition coefficient (Wildman–Crippen LogP) is 4.56. The minimum absolute atomic E-state index is 0.0105. The number of carbonyl (C=O) groups is 6. The third kappa shape index (κ3) is 12.5. The second kappa shape index (κ2) is 21.1. The molecule has 0 aliphatic carbocycles. The maximum absolute atomic E-state index is 14.4. The van der Waals surface area contributed by atoms with Crippen LogP contribution in [0.4, 0.5) is 0 Å². The molecule has 0 fully saturated rings. The Morgan fingerprint density at radius 1 is 0.517 bits per heavy atom. The monoisotopic (exact) mass is 807 g/mol. The van der Waals surface area contributed by atoms with Gasteiger partial charge in [0, 0.05) is 31.4 Å². The van der Waals surface area contributed by atoms with Crippen LogP contribution >= 0.6 is 0 Å². The van der Waals surface area contributed by atoms with Crippen LogP contribution in [-0.4, -0.2) is 71.3 Å². The SMILES string of the molecule is O=C1CCNC(=O)c2ccc(cc2)CC(C(=O)O)NC(=O)C(Cc2ccccc2)NC(=O)C(CCc2ccc(-c3ccccc3)cc2)NC(=O)C(CCc2ccccc2)N1. The average Bonchev–Trinajstić information content (AvgIpc) is 3.27. The van der Waals surface area contributed by atoms with Gasteiger partial charge in [0.15, 0.2) is 0 Å². The molecule has 5 amide bonds. The number of amides is 5. The molecule has 2 heterocycles. The molecule has 6 N–H and O–H groups in total. The Bertz CT molecular complexity index is 2230. The van der Waals surface area contributed by atoms with Crippen LogP contribution in [0.25, 0.3) is 11.1 Å². The highest BCUT2D eigenvalue weighted by molar-refractivity contribution is 5.96. The molecule has 308 valence electrons. The summed E-state index contributed by atoms with van der Waals surface area (Å²) in [5.74, 6) is -4.16. The number of carbonyl (C=O) groups excluding carboxylic acids is 5. The van der Waals surface area contributed by atoms with E-state index >= 15 is 0 Å². The van der Waals surface area contributed by atoms with E-state index in [1.54, 1.807) is 36.4 Å². The third-order valence-corrected chi connectivity index (χ3v) is 10.5. The highest BCUT2D eigenvalue weighted by Crippen LogP contribution is 2.20. The lowest BCUT2D eigenvalue weighted by Crippen LogP contribution is -2.58. The van der Waals surface area contributed by atoms with E-state index in [9.17, 15) is 33.9 Å². The number of hydrogen-bond acceptors (Lipinski definition) is 6. The number of hydrogen-bond donors (Lipinski definition) is 6. The molecule has 5 aromatic rings. The fourth-order valence-electron chi connectivity index (χ4n) is 7.06. The Hall–Kier alpha value is -7.08. The Labute approximate surface area is 349 Å². The second-order valence-corrected chi connectivity index (χ2v) is 14.9. The van der Waals surface area contributed by atoms with E-state index in [1.165, 1.54) is 12.1 Å². The number of aryl methyl sites for hydroxylation is 2. The molecule has 4 unspecified atom stereocenters. The fourth-order valence-corrected chi connectivity index (χ4v) is 7.06. The first-order valence-electron chi connectivity index (χ1n) is 20.1. The van der Waals surface area contributed by atoms with E-state index in [-0.39, 0.29) is 38.6 Å². The average molecular weight is 808 g/mol. The molecule has 0 saturated carbocycles. The van der Waals surface area contributed by atoms with E-state index in [0.29, 0.717) is 29.5 Å². The van der Waals surface area contributed by atoms with E-state index in [0.717, 1.165) is 22.3 Å². The molecule has 2 aliphatic heterocycles. The van der Waals surface area contributed by atoms with Crippen molar-refractivity contribution in [2.24, 2.45) is 0 Å². The molecule has 0 saturated heterocycles. The van der Waals surface area contributed by atoms with Gasteiger partial charge in [-0.15, -0.1) is 0 Å². The first kappa shape index (κ1) is 42.5. The quantitative estimate of drug-likeness (QED) is 0.112. The standard InChI is InChI=1S/C48H49N5O7/c54-43-28-29-49-44(55)38-24-18-35(19-25-38)31-42(48(59)60)53-47(58)41(30-34-12-6-2-7-13-34)52-46(57)40(51-45(56)39(50-43)26-20-32-10-4-1-5-11-32)27-21-33-16-22-37(23-17-33)36-14-8-3-9-15-36/h1-19,22-25,39-42H,20-21,26-31H2,(H,49,55)(H,50,54)(H,51,56)(H,52,57)(H,53,58)(H,59,60). The number of carboxylic acids is 1. The molecule has 12 nitrogen and oxygen atoms in total. The Morgan fingerprint density at radius 3 is 1.60 bits per heavy atom. The van der Waals surface area contributed by atoms with E-state index in [1.807, 2.05) is 91.0 Å². The lowest BCUT2D eigenvalue weighted by atomic mass is 9.99. The lowest BCUT2D eigenvalue weighted by molar-refractivity contribution is -0.142. The van der Waals surface area contributed by atoms with Crippen molar-refractivity contribution in [3.63, 3.8) is 0 Å². The smallest absolute Gasteiger partial charge is 0.326 e. The largest absolute Gasteiger partial charge is 0.480 e. The fraction of sp³-hybridized carbons (Fsp3) is 0.250. The first-order valence-corrected chi connectivity index (χ1v) is 20.1. The van der Waals surface area contributed by atoms with Crippen molar-refractivity contribution in [3.8, 4) is 11.1 Å². The summed E-state index contributed by atoms with van der Waals surface area (Å²) in [6.07, 6.45) is 1.00. The summed E-state index contributed by atoms with van der Waals surface area (Å²) in [7, 11) is 0. The number of fused-ring (bicyclic) bond motifs is 18. The normalized spacial score (nSPS) is 19.4. The zero-order valence-corrected chi connectivity index (χ0v) is 33.1. The molecule has 0 radical (unpaired) electrons. The van der Waals surface area contributed by atoms with Gasteiger partial charge in [0.25, 0.3) is 5.91 Å². The van der Waals surface area contributed by atoms with Crippen LogP contribution in [0.15, 0.2) is 140 Å². The minimum Gasteiger partial charge on any atom is -0.480 e. The molecule has 4 atom stereocenters. The van der Waals surface area contributed by atoms with Gasteiger partial charge < -0.3 is 31.7 Å². The van der Waals surface area contributed by atoms with Crippen molar-refractivity contribution in [3.05, 3.63) is 167 Å². The topological polar surface area (TPSA) is 183 Å². The van der Waals surface area contributed by atoms with Crippen LogP contribution in [0, 0.1) is 0 Å². The molecule has 5 aromatic carbocycles. The predicted molar refractivity (Wildman–Crippen MR) is 228 cm³/mol. The third-order valence-electron chi connectivity index (χ3n) is 10.5. The van der Waals surface area contributed by atoms with Crippen molar-refractivity contribution in [1.29, 1.82) is 0 Å². The van der Waals surface area contributed by atoms with Crippen molar-refractivity contribution in [2.45, 2.75) is 69.1 Å². The van der Waals surface area contributed by atoms with E-state index in [2.05, 4.69) is 26.6 Å². The zero-order valence-electron chi connectivity index (χ0n) is 33.1. The lowest BCUT2D eigenvalue weighted by Gasteiger charge is -2.26. The Morgan fingerprint density at radius 2 is 1.00 bits per heavy atom. The van der Waals surface area contributed by atoms with Gasteiger partial charge in [0.1, 0.15) is 24.2 Å². The van der Waals surface area contributed by atoms with Crippen LogP contribution in [0.2, 0.25) is 0 Å². The number of aliphatic carboxylic acids is 1. The summed E-state index contributed by atoms with van der Waals surface area (Å²) >= 11 is 0. The van der Waals surface area contributed by atoms with Gasteiger partial charge in [-0.25, -0.2) is 4.79 Å². The molecule has 7 rings (SSSR count). The van der Waals surface area contributed by atoms with Crippen molar-refractivity contribution < 1.29 is 33.9 Å². The van der Waals surface area contributed by atoms with Gasteiger partial charge in [0.2, 0.25) is 23.6 Å². The molecule has 0 aromatic heterocycles. The van der Waals surface area contributed by atoms with Crippen LogP contribution in [0.3, 0.4) is 0 Å². The van der Waals surface area contributed by atoms with Crippen molar-refractivity contribution >= 4 is 35.5 Å². The minimum atomic E-state index is -1.36. The molecule has 12 heteroatoms. The van der Waals surface area contributed by atoms with Gasteiger partial charge in [-0.3, -0.25) is 24.0 Å². The van der Waals surface area contributed by atoms with Crippen LogP contribution in [-0.2, 0) is 49.7 Å². The summed E-state index contributed by atoms with van der Waals surface area (Å²) in [4.78, 5) is 81.4. The van der Waals surface area contributed by atoms with Crippen LogP contribution < -0.4 is 26.6 Å². The van der Waals surface area contributed by atoms with Gasteiger partial charge in [-0.05, 0) is 71.2 Å². The molecule has 0 spiro atoms. The molecule has 60 heavy (non-hydrogen) atoms. The Balaban J connectivity index is 1.31. The maximum atomic E-state index is 14.4. The summed E-state index contributed by atoms with van der Waals surface area (Å²) < 4.78 is 0. The number of rotatable bonds is 10. The highest BCUT2D eigenvalue weighted by Gasteiger charge is 2.32. The highest BCUT2D eigenvalue weighted by atomic mass is 16.4. The van der Waals surface area contributed by atoms with Gasteiger partial charge in [-0.1, -0.05) is 127 Å². The first-order chi connectivity index (χ1) is 29.1. The van der Waals surface area contributed by atoms with E-state index in [4.69, 9.17) is 0 Å². The number of carboxylic acid groups (broad SMARTS) is 1. The summed E-state index contributed by atoms with van der Waals surface area (Å²) in [5, 5.41) is 24.0. The van der Waals surface area contributed by atoms with E-state index < -0.39 is 59.7 Å². The molecular formula is C48H49N5O7. The van der Waals surface area contributed by atoms with Gasteiger partial charge in [0.05, 0.1) is 0 Å². The second-order valence-electron chi connectivity index (χ2n) is 14.9. The Kier molecular flexibility index (Phi) is 14.9. The van der Waals surface area contributed by atoms with Crippen LogP contribution in [0.5, 0.6) is 0 Å². The number of benzene rings is 5. The van der Waals surface area contributed by atoms with Crippen molar-refractivity contribution in [1.82, 2.24) is 26.6 Å². The summed E-state index contributed by atoms with van der Waals surface area (Å²) in [6, 6.07) is 37.8. The summed E-state index contributed by atoms with van der Waals surface area (Å²) in [5.41, 5.74) is 5.49. The molecular weight excluding hydrogens is 759 g/mol. The van der Waals surface area contributed by atoms with Crippen molar-refractivity contribution in [2.75, 3.05) is 6.54 Å². The summed E-state index contributed by atoms with van der Waals surface area (Å²) in [6.45, 7) is -0.0105. The maximum Gasteiger partial charge on any atom is 0.326 e. The molecule has 2 aliphatic rings.